The number of halogens is 7. The van der Waals surface area contributed by atoms with Crippen molar-refractivity contribution < 1.29 is 40.3 Å². The minimum absolute atomic E-state index is 0.00228. The Kier molecular flexibility index (Phi) is 6.89. The molecule has 1 heterocycles. The van der Waals surface area contributed by atoms with E-state index in [4.69, 9.17) is 4.74 Å². The van der Waals surface area contributed by atoms with Gasteiger partial charge in [-0.2, -0.15) is 31.4 Å². The number of amides is 1. The monoisotopic (exact) mass is 489 g/mol. The fourth-order valence-corrected chi connectivity index (χ4v) is 3.03. The van der Waals surface area contributed by atoms with Crippen molar-refractivity contribution in [3.63, 3.8) is 0 Å². The number of nitrogens with zero attached hydrogens (tertiary/aromatic N) is 1. The predicted octanol–water partition coefficient (Wildman–Crippen LogP) is 5.97. The van der Waals surface area contributed by atoms with Gasteiger partial charge in [0.15, 0.2) is 0 Å². The molecule has 5 nitrogen and oxygen atoms in total. The van der Waals surface area contributed by atoms with E-state index in [-0.39, 0.29) is 29.1 Å². The van der Waals surface area contributed by atoms with Crippen LogP contribution in [0.2, 0.25) is 0 Å². The maximum atomic E-state index is 13.7. The molecule has 34 heavy (non-hydrogen) atoms. The number of nitrogens with one attached hydrogen (secondary N) is 2. The smallest absolute Gasteiger partial charge is 0.416 e. The maximum Gasteiger partial charge on any atom is 0.416 e. The van der Waals surface area contributed by atoms with Crippen LogP contribution in [0.15, 0.2) is 42.5 Å². The zero-order valence-electron chi connectivity index (χ0n) is 17.7. The van der Waals surface area contributed by atoms with Crippen LogP contribution in [0.25, 0.3) is 11.3 Å². The number of ether oxygens (including phenoxy) is 1. The lowest BCUT2D eigenvalue weighted by atomic mass is 10.0. The molecule has 2 aromatic carbocycles. The molecule has 1 amide bonds. The van der Waals surface area contributed by atoms with Gasteiger partial charge in [-0.15, -0.1) is 0 Å². The van der Waals surface area contributed by atoms with E-state index in [1.165, 1.54) is 18.2 Å². The second-order valence-corrected chi connectivity index (χ2v) is 7.57. The topological polar surface area (TPSA) is 67.0 Å². The molecular formula is C22H18F7N3O2. The molecule has 0 aliphatic rings. The van der Waals surface area contributed by atoms with Crippen molar-refractivity contribution in [2.75, 3.05) is 0 Å². The van der Waals surface area contributed by atoms with E-state index in [2.05, 4.69) is 15.5 Å². The van der Waals surface area contributed by atoms with Crippen LogP contribution in [0.4, 0.5) is 30.7 Å². The van der Waals surface area contributed by atoms with Crippen molar-refractivity contribution in [3.8, 4) is 17.0 Å². The first-order chi connectivity index (χ1) is 15.7. The van der Waals surface area contributed by atoms with Gasteiger partial charge >= 0.3 is 12.4 Å². The van der Waals surface area contributed by atoms with Gasteiger partial charge in [0.2, 0.25) is 0 Å². The molecular weight excluding hydrogens is 471 g/mol. The minimum atomic E-state index is -5.00. The van der Waals surface area contributed by atoms with Gasteiger partial charge < -0.3 is 10.1 Å². The van der Waals surface area contributed by atoms with Crippen LogP contribution in [0.3, 0.4) is 0 Å². The summed E-state index contributed by atoms with van der Waals surface area (Å²) >= 11 is 0. The number of alkyl halides is 6. The van der Waals surface area contributed by atoms with Crippen molar-refractivity contribution in [2.45, 2.75) is 38.8 Å². The van der Waals surface area contributed by atoms with Gasteiger partial charge in [0.1, 0.15) is 17.3 Å². The third-order valence-corrected chi connectivity index (χ3v) is 4.50. The Morgan fingerprint density at radius 1 is 1.00 bits per heavy atom. The quantitative estimate of drug-likeness (QED) is 0.420. The Bertz CT molecular complexity index is 1150. The predicted molar refractivity (Wildman–Crippen MR) is 107 cm³/mol. The van der Waals surface area contributed by atoms with Crippen molar-refractivity contribution in [1.82, 2.24) is 15.5 Å². The fourth-order valence-electron chi connectivity index (χ4n) is 3.03. The molecule has 0 saturated heterocycles. The Morgan fingerprint density at radius 3 is 2.18 bits per heavy atom. The summed E-state index contributed by atoms with van der Waals surface area (Å²) in [6, 6.07) is 6.03. The average Bonchev–Trinajstić information content (AvgIpc) is 3.21. The summed E-state index contributed by atoms with van der Waals surface area (Å²) in [5.41, 5.74) is -3.11. The van der Waals surface area contributed by atoms with E-state index in [0.717, 1.165) is 6.07 Å². The second kappa shape index (κ2) is 9.35. The normalized spacial score (nSPS) is 12.2. The molecule has 3 aromatic rings. The average molecular weight is 489 g/mol. The van der Waals surface area contributed by atoms with E-state index in [1.807, 2.05) is 0 Å². The molecule has 0 unspecified atom stereocenters. The summed E-state index contributed by atoms with van der Waals surface area (Å²) in [5, 5.41) is 8.59. The van der Waals surface area contributed by atoms with E-state index in [9.17, 15) is 35.5 Å². The van der Waals surface area contributed by atoms with Gasteiger partial charge in [0.25, 0.3) is 5.91 Å². The lowest BCUT2D eigenvalue weighted by Crippen LogP contribution is -2.24. The highest BCUT2D eigenvalue weighted by Crippen LogP contribution is 2.36. The number of hydrogen-bond acceptors (Lipinski definition) is 3. The zero-order valence-corrected chi connectivity index (χ0v) is 17.7. The number of aromatic nitrogens is 2. The van der Waals surface area contributed by atoms with Crippen LogP contribution in [0, 0.1) is 5.82 Å². The number of carbonyl (C=O) groups excluding carboxylic acids is 1. The third-order valence-electron chi connectivity index (χ3n) is 4.50. The summed E-state index contributed by atoms with van der Waals surface area (Å²) in [6.07, 6.45) is -10.2. The molecule has 0 atom stereocenters. The largest absolute Gasteiger partial charge is 0.490 e. The van der Waals surface area contributed by atoms with Crippen LogP contribution < -0.4 is 10.1 Å². The number of H-pyrrole nitrogens is 1. The molecule has 2 N–H and O–H groups in total. The third kappa shape index (κ3) is 6.06. The molecule has 0 spiro atoms. The molecule has 0 fully saturated rings. The zero-order chi connectivity index (χ0) is 25.3. The minimum Gasteiger partial charge on any atom is -0.490 e. The van der Waals surface area contributed by atoms with Crippen molar-refractivity contribution in [2.24, 2.45) is 0 Å². The molecule has 0 aliphatic heterocycles. The van der Waals surface area contributed by atoms with Gasteiger partial charge in [-0.05, 0) is 61.9 Å². The second-order valence-electron chi connectivity index (χ2n) is 7.57. The number of rotatable bonds is 6. The molecule has 1 aromatic heterocycles. The van der Waals surface area contributed by atoms with E-state index < -0.39 is 47.3 Å². The summed E-state index contributed by atoms with van der Waals surface area (Å²) < 4.78 is 97.3. The highest BCUT2D eigenvalue weighted by Gasteiger charge is 2.36. The van der Waals surface area contributed by atoms with Gasteiger partial charge in [-0.25, -0.2) is 4.39 Å². The SMILES string of the molecule is CC(C)Oc1ccc(F)cc1-c1cc(C(=O)NCc2cc(C(F)(F)F)cc(C(F)(F)F)c2)[nH]n1. The molecule has 0 bridgehead atoms. The summed E-state index contributed by atoms with van der Waals surface area (Å²) in [7, 11) is 0. The summed E-state index contributed by atoms with van der Waals surface area (Å²) in [5.74, 6) is -1.11. The Hall–Kier alpha value is -3.57. The van der Waals surface area contributed by atoms with E-state index in [0.29, 0.717) is 17.9 Å². The van der Waals surface area contributed by atoms with Gasteiger partial charge in [0.05, 0.1) is 22.9 Å². The standard InChI is InChI=1S/C22H18F7N3O2/c1-11(2)34-19-4-3-15(23)8-16(19)17-9-18(32-31-17)20(33)30-10-12-5-13(21(24,25)26)7-14(6-12)22(27,28)29/h3-9,11H,10H2,1-2H3,(H,30,33)(H,31,32). The van der Waals surface area contributed by atoms with Crippen LogP contribution in [-0.4, -0.2) is 22.2 Å². The van der Waals surface area contributed by atoms with Crippen LogP contribution in [0.1, 0.15) is 41.0 Å². The molecule has 0 saturated carbocycles. The van der Waals surface area contributed by atoms with Gasteiger partial charge in [-0.1, -0.05) is 0 Å². The van der Waals surface area contributed by atoms with Crippen LogP contribution in [0.5, 0.6) is 5.75 Å². The molecule has 0 aliphatic carbocycles. The van der Waals surface area contributed by atoms with E-state index >= 15 is 0 Å². The molecule has 0 radical (unpaired) electrons. The Balaban J connectivity index is 1.81. The van der Waals surface area contributed by atoms with Crippen molar-refractivity contribution in [3.05, 3.63) is 70.7 Å². The van der Waals surface area contributed by atoms with E-state index in [1.54, 1.807) is 13.8 Å². The van der Waals surface area contributed by atoms with Crippen LogP contribution >= 0.6 is 0 Å². The Morgan fingerprint density at radius 2 is 1.62 bits per heavy atom. The number of carbonyl (C=O) groups is 1. The van der Waals surface area contributed by atoms with Crippen molar-refractivity contribution >= 4 is 5.91 Å². The van der Waals surface area contributed by atoms with Gasteiger partial charge in [-0.3, -0.25) is 9.89 Å². The lowest BCUT2D eigenvalue weighted by Gasteiger charge is -2.14. The Labute approximate surface area is 188 Å². The lowest BCUT2D eigenvalue weighted by molar-refractivity contribution is -0.143. The van der Waals surface area contributed by atoms with Gasteiger partial charge in [0, 0.05) is 12.1 Å². The summed E-state index contributed by atoms with van der Waals surface area (Å²) in [4.78, 5) is 12.4. The molecule has 182 valence electrons. The highest BCUT2D eigenvalue weighted by molar-refractivity contribution is 5.93. The number of hydrogen-bond donors (Lipinski definition) is 2. The molecule has 12 heteroatoms. The number of benzene rings is 2. The summed E-state index contributed by atoms with van der Waals surface area (Å²) in [6.45, 7) is 2.91. The first-order valence-corrected chi connectivity index (χ1v) is 9.82. The van der Waals surface area contributed by atoms with Crippen LogP contribution in [-0.2, 0) is 18.9 Å². The maximum absolute atomic E-state index is 13.7. The first-order valence-electron chi connectivity index (χ1n) is 9.82. The highest BCUT2D eigenvalue weighted by atomic mass is 19.4. The fraction of sp³-hybridized carbons (Fsp3) is 0.273. The number of aromatic amines is 1. The molecule has 3 rings (SSSR count). The first kappa shape index (κ1) is 25.1. The van der Waals surface area contributed by atoms with Crippen molar-refractivity contribution in [1.29, 1.82) is 0 Å².